The van der Waals surface area contributed by atoms with Crippen molar-refractivity contribution in [2.24, 2.45) is 4.99 Å². The molecule has 0 spiro atoms. The van der Waals surface area contributed by atoms with Crippen LogP contribution in [-0.2, 0) is 0 Å². The third-order valence-corrected chi connectivity index (χ3v) is 7.16. The predicted octanol–water partition coefficient (Wildman–Crippen LogP) is 5.82. The summed E-state index contributed by atoms with van der Waals surface area (Å²) in [5.41, 5.74) is 7.99. The Morgan fingerprint density at radius 1 is 1.02 bits per heavy atom. The fourth-order valence-electron chi connectivity index (χ4n) is 4.90. The summed E-state index contributed by atoms with van der Waals surface area (Å²) in [7, 11) is 1.25. The molecule has 3 aromatic carbocycles. The van der Waals surface area contributed by atoms with Gasteiger partial charge in [-0.1, -0.05) is 35.9 Å². The van der Waals surface area contributed by atoms with Gasteiger partial charge in [-0.05, 0) is 43.3 Å². The molecule has 1 aliphatic heterocycles. The van der Waals surface area contributed by atoms with Crippen molar-refractivity contribution < 1.29 is 18.6 Å². The van der Waals surface area contributed by atoms with Gasteiger partial charge in [0.1, 0.15) is 29.7 Å². The number of fused-ring (bicyclic) bond motifs is 2. The average molecular weight is 562 g/mol. The highest BCUT2D eigenvalue weighted by Crippen LogP contribution is 2.43. The molecule has 1 unspecified atom stereocenters. The molecule has 2 aromatic heterocycles. The van der Waals surface area contributed by atoms with E-state index in [1.807, 2.05) is 30.3 Å². The lowest BCUT2D eigenvalue weighted by Crippen LogP contribution is -2.41. The molecule has 0 saturated heterocycles. The fraction of sp³-hybridized carbons (Fsp3) is 0.143. The number of para-hydroxylation sites is 1. The van der Waals surface area contributed by atoms with E-state index in [4.69, 9.17) is 27.1 Å². The Labute approximate surface area is 232 Å². The van der Waals surface area contributed by atoms with Gasteiger partial charge in [0.25, 0.3) is 0 Å². The lowest BCUT2D eigenvalue weighted by atomic mass is 10.1. The van der Waals surface area contributed by atoms with E-state index in [0.717, 1.165) is 0 Å². The number of ether oxygens (including phenoxy) is 1. The van der Waals surface area contributed by atoms with Gasteiger partial charge in [-0.2, -0.15) is 9.49 Å². The Balaban J connectivity index is 1.58. The van der Waals surface area contributed by atoms with Crippen molar-refractivity contribution in [3.8, 4) is 17.0 Å². The first-order valence-corrected chi connectivity index (χ1v) is 12.6. The molecule has 6 rings (SSSR count). The topological polar surface area (TPSA) is 115 Å². The molecular weight excluding hydrogens is 540 g/mol. The standard InChI is InChI=1S/C28H22ClF2N7O2/c1-14(26-35-18-10-6-9-17(29)20(18)28(39)37(26)15-7-4-3-5-8-15)38-27-21(25(32)33-13-34-27)24(36-38)16-11-12-19(40-2)23(31)22(16)30/h3-14,28,39H,1-2H3,(H2,32,33,34)/t14-,28?/m0/s1. The molecule has 12 heteroatoms. The maximum Gasteiger partial charge on any atom is 0.201 e. The molecule has 202 valence electrons. The summed E-state index contributed by atoms with van der Waals surface area (Å²) in [6, 6.07) is 16.4. The summed E-state index contributed by atoms with van der Waals surface area (Å²) < 4.78 is 36.3. The number of benzene rings is 3. The number of rotatable bonds is 5. The Morgan fingerprint density at radius 3 is 2.55 bits per heavy atom. The fourth-order valence-corrected chi connectivity index (χ4v) is 5.17. The number of anilines is 2. The molecule has 0 aliphatic carbocycles. The van der Waals surface area contributed by atoms with Crippen LogP contribution in [0, 0.1) is 11.6 Å². The number of aliphatic hydroxyl groups excluding tert-OH is 1. The highest BCUT2D eigenvalue weighted by molar-refractivity contribution is 6.32. The number of halogens is 3. The van der Waals surface area contributed by atoms with Crippen LogP contribution in [0.2, 0.25) is 5.02 Å². The van der Waals surface area contributed by atoms with Crippen molar-refractivity contribution >= 4 is 45.7 Å². The van der Waals surface area contributed by atoms with Crippen molar-refractivity contribution in [3.63, 3.8) is 0 Å². The van der Waals surface area contributed by atoms with Crippen LogP contribution in [0.1, 0.15) is 24.8 Å². The second kappa shape index (κ2) is 9.85. The zero-order valence-electron chi connectivity index (χ0n) is 21.3. The number of hydrogen-bond acceptors (Lipinski definition) is 8. The summed E-state index contributed by atoms with van der Waals surface area (Å²) in [5.74, 6) is -2.11. The van der Waals surface area contributed by atoms with E-state index in [0.29, 0.717) is 27.8 Å². The van der Waals surface area contributed by atoms with E-state index in [1.165, 1.54) is 30.3 Å². The third-order valence-electron chi connectivity index (χ3n) is 6.83. The molecule has 1 aliphatic rings. The van der Waals surface area contributed by atoms with Crippen LogP contribution in [0.15, 0.2) is 72.0 Å². The third kappa shape index (κ3) is 3.93. The SMILES string of the molecule is COc1ccc(-c2nn([C@@H](C)C3=Nc4cccc(Cl)c4C(O)N3c3ccccc3)c3ncnc(N)c23)c(F)c1F. The smallest absolute Gasteiger partial charge is 0.201 e. The van der Waals surface area contributed by atoms with Gasteiger partial charge >= 0.3 is 0 Å². The largest absolute Gasteiger partial charge is 0.494 e. The second-order valence-electron chi connectivity index (χ2n) is 9.09. The monoisotopic (exact) mass is 561 g/mol. The number of aromatic nitrogens is 4. The van der Waals surface area contributed by atoms with Crippen molar-refractivity contribution in [2.45, 2.75) is 19.2 Å². The molecule has 0 bridgehead atoms. The van der Waals surface area contributed by atoms with E-state index in [1.54, 1.807) is 30.0 Å². The molecule has 9 nitrogen and oxygen atoms in total. The van der Waals surface area contributed by atoms with Gasteiger partial charge < -0.3 is 15.6 Å². The van der Waals surface area contributed by atoms with E-state index >= 15 is 4.39 Å². The van der Waals surface area contributed by atoms with Gasteiger partial charge in [0.15, 0.2) is 23.4 Å². The summed E-state index contributed by atoms with van der Waals surface area (Å²) in [6.45, 7) is 1.80. The van der Waals surface area contributed by atoms with Gasteiger partial charge in [0.05, 0.1) is 23.2 Å². The van der Waals surface area contributed by atoms with Crippen LogP contribution in [-0.4, -0.2) is 37.8 Å². The Bertz CT molecular complexity index is 1800. The summed E-state index contributed by atoms with van der Waals surface area (Å²) in [4.78, 5) is 14.9. The minimum Gasteiger partial charge on any atom is -0.494 e. The van der Waals surface area contributed by atoms with Crippen molar-refractivity contribution in [3.05, 3.63) is 89.2 Å². The van der Waals surface area contributed by atoms with Crippen molar-refractivity contribution in [2.75, 3.05) is 17.7 Å². The molecule has 3 heterocycles. The van der Waals surface area contributed by atoms with Gasteiger partial charge in [-0.3, -0.25) is 4.90 Å². The van der Waals surface area contributed by atoms with Crippen LogP contribution in [0.25, 0.3) is 22.3 Å². The van der Waals surface area contributed by atoms with Crippen molar-refractivity contribution in [1.29, 1.82) is 0 Å². The first-order valence-electron chi connectivity index (χ1n) is 12.2. The van der Waals surface area contributed by atoms with Gasteiger partial charge in [0, 0.05) is 16.8 Å². The molecule has 2 atom stereocenters. The van der Waals surface area contributed by atoms with Crippen LogP contribution < -0.4 is 15.4 Å². The Kier molecular flexibility index (Phi) is 6.32. The quantitative estimate of drug-likeness (QED) is 0.278. The number of methoxy groups -OCH3 is 1. The van der Waals surface area contributed by atoms with E-state index in [9.17, 15) is 9.50 Å². The minimum absolute atomic E-state index is 0.0386. The van der Waals surface area contributed by atoms with Crippen LogP contribution >= 0.6 is 11.6 Å². The molecule has 5 aromatic rings. The summed E-state index contributed by atoms with van der Waals surface area (Å²) in [5, 5.41) is 16.8. The van der Waals surface area contributed by atoms with Crippen LogP contribution in [0.3, 0.4) is 0 Å². The van der Waals surface area contributed by atoms with E-state index < -0.39 is 23.9 Å². The number of amidine groups is 1. The zero-order chi connectivity index (χ0) is 28.1. The molecule has 0 radical (unpaired) electrons. The Morgan fingerprint density at radius 2 is 1.80 bits per heavy atom. The number of aliphatic hydroxyl groups is 1. The normalized spacial score (nSPS) is 15.6. The maximum atomic E-state index is 15.2. The zero-order valence-corrected chi connectivity index (χ0v) is 22.0. The molecule has 0 amide bonds. The number of nitrogens with zero attached hydrogens (tertiary/aromatic N) is 6. The number of aliphatic imine (C=N–C) groups is 1. The number of nitrogen functional groups attached to an aromatic ring is 1. The first kappa shape index (κ1) is 25.7. The van der Waals surface area contributed by atoms with Crippen LogP contribution in [0.5, 0.6) is 5.75 Å². The number of hydrogen-bond donors (Lipinski definition) is 2. The number of nitrogens with two attached hydrogens (primary N) is 1. The highest BCUT2D eigenvalue weighted by Gasteiger charge is 2.36. The lowest BCUT2D eigenvalue weighted by molar-refractivity contribution is 0.185. The van der Waals surface area contributed by atoms with Crippen LogP contribution in [0.4, 0.5) is 26.0 Å². The highest BCUT2D eigenvalue weighted by atomic mass is 35.5. The second-order valence-corrected chi connectivity index (χ2v) is 9.50. The lowest BCUT2D eigenvalue weighted by Gasteiger charge is -2.37. The minimum atomic E-state index is -1.17. The van der Waals surface area contributed by atoms with E-state index in [2.05, 4.69) is 15.1 Å². The molecular formula is C28H22ClF2N7O2. The summed E-state index contributed by atoms with van der Waals surface area (Å²) in [6.07, 6.45) is 0.0916. The maximum absolute atomic E-state index is 15.2. The summed E-state index contributed by atoms with van der Waals surface area (Å²) >= 11 is 6.47. The van der Waals surface area contributed by atoms with Gasteiger partial charge in [-0.15, -0.1) is 0 Å². The molecule has 3 N–H and O–H groups in total. The predicted molar refractivity (Wildman–Crippen MR) is 149 cm³/mol. The molecule has 0 saturated carbocycles. The van der Waals surface area contributed by atoms with Gasteiger partial charge in [-0.25, -0.2) is 24.0 Å². The average Bonchev–Trinajstić information content (AvgIpc) is 3.35. The molecule has 40 heavy (non-hydrogen) atoms. The first-order chi connectivity index (χ1) is 19.3. The Hall–Kier alpha value is -4.61. The molecule has 0 fully saturated rings. The van der Waals surface area contributed by atoms with E-state index in [-0.39, 0.29) is 33.9 Å². The van der Waals surface area contributed by atoms with Crippen molar-refractivity contribution in [1.82, 2.24) is 19.7 Å². The van der Waals surface area contributed by atoms with Gasteiger partial charge in [0.2, 0.25) is 5.82 Å².